The number of thiazole rings is 1. The first-order valence-corrected chi connectivity index (χ1v) is 9.94. The number of anilines is 1. The molecule has 0 radical (unpaired) electrons. The molecule has 9 heteroatoms. The number of carboxylic acid groups (broad SMARTS) is 1. The number of carbonyl (C=O) groups excluding carboxylic acids is 2. The Balaban J connectivity index is 0.000000170. The summed E-state index contributed by atoms with van der Waals surface area (Å²) in [5.41, 5.74) is 7.13. The molecule has 152 valence electrons. The Morgan fingerprint density at radius 1 is 1.10 bits per heavy atom. The lowest BCUT2D eigenvalue weighted by Crippen LogP contribution is -1.96. The van der Waals surface area contributed by atoms with Gasteiger partial charge < -0.3 is 15.6 Å². The average molecular weight is 433 g/mol. The minimum atomic E-state index is -0.774. The zero-order valence-electron chi connectivity index (χ0n) is 15.4. The van der Waals surface area contributed by atoms with Gasteiger partial charge in [0.2, 0.25) is 0 Å². The van der Waals surface area contributed by atoms with E-state index in [1.807, 2.05) is 48.5 Å². The predicted molar refractivity (Wildman–Crippen MR) is 114 cm³/mol. The summed E-state index contributed by atoms with van der Waals surface area (Å²) in [4.78, 5) is 35.6. The highest BCUT2D eigenvalue weighted by Gasteiger charge is 2.19. The highest BCUT2D eigenvalue weighted by atomic mass is 32.1. The predicted octanol–water partition coefficient (Wildman–Crippen LogP) is 3.72. The maximum absolute atomic E-state index is 10.4. The van der Waals surface area contributed by atoms with Crippen molar-refractivity contribution in [1.82, 2.24) is 4.98 Å². The van der Waals surface area contributed by atoms with E-state index < -0.39 is 17.9 Å². The lowest BCUT2D eigenvalue weighted by Gasteiger charge is -1.92. The van der Waals surface area contributed by atoms with Crippen LogP contribution < -0.4 is 5.73 Å². The van der Waals surface area contributed by atoms with Crippen molar-refractivity contribution in [3.05, 3.63) is 53.5 Å². The van der Waals surface area contributed by atoms with E-state index in [1.54, 1.807) is 11.3 Å². The van der Waals surface area contributed by atoms with Gasteiger partial charge >= 0.3 is 17.9 Å². The number of aliphatic carboxylic acids is 1. The van der Waals surface area contributed by atoms with Crippen LogP contribution >= 0.6 is 24.0 Å². The quantitative estimate of drug-likeness (QED) is 0.250. The molecule has 0 bridgehead atoms. The molecule has 1 aliphatic heterocycles. The highest BCUT2D eigenvalue weighted by molar-refractivity contribution is 7.80. The Hall–Kier alpha value is -2.91. The number of nitrogens with two attached hydrogens (primary N) is 1. The third kappa shape index (κ3) is 7.92. The zero-order valence-corrected chi connectivity index (χ0v) is 17.1. The van der Waals surface area contributed by atoms with Gasteiger partial charge in [-0.3, -0.25) is 14.4 Å². The first-order valence-electron chi connectivity index (χ1n) is 8.68. The van der Waals surface area contributed by atoms with E-state index in [0.29, 0.717) is 6.42 Å². The van der Waals surface area contributed by atoms with Crippen molar-refractivity contribution in [2.75, 3.05) is 5.73 Å². The van der Waals surface area contributed by atoms with Crippen molar-refractivity contribution in [3.63, 3.8) is 0 Å². The number of carbonyl (C=O) groups is 3. The topological polar surface area (TPSA) is 120 Å². The molecular weight excluding hydrogens is 412 g/mol. The first kappa shape index (κ1) is 22.4. The normalized spacial score (nSPS) is 12.4. The number of ether oxygens (including phenoxy) is 1. The van der Waals surface area contributed by atoms with Crippen LogP contribution in [-0.2, 0) is 25.5 Å². The summed E-state index contributed by atoms with van der Waals surface area (Å²) in [6.45, 7) is 0. The van der Waals surface area contributed by atoms with Gasteiger partial charge in [-0.05, 0) is 24.3 Å². The average Bonchev–Trinajstić information content (AvgIpc) is 3.28. The summed E-state index contributed by atoms with van der Waals surface area (Å²) in [6, 6.07) is 15.3. The Kier molecular flexibility index (Phi) is 8.63. The van der Waals surface area contributed by atoms with Crippen molar-refractivity contribution in [3.8, 4) is 0 Å². The number of cyclic esters (lactones) is 2. The monoisotopic (exact) mass is 432 g/mol. The summed E-state index contributed by atoms with van der Waals surface area (Å²) >= 11 is 5.64. The fourth-order valence-electron chi connectivity index (χ4n) is 2.16. The third-order valence-corrected chi connectivity index (χ3v) is 5.09. The number of thiol groups is 1. The van der Waals surface area contributed by atoms with E-state index in [4.69, 9.17) is 10.8 Å². The number of benzene rings is 2. The molecule has 0 saturated carbocycles. The highest BCUT2D eigenvalue weighted by Crippen LogP contribution is 2.22. The van der Waals surface area contributed by atoms with E-state index in [1.165, 1.54) is 0 Å². The SMILES string of the molecule is Nc1ccccc1S.O=C(O)CCc1nc2ccccc2s1.O=C1CCC(=O)O1. The second kappa shape index (κ2) is 11.2. The number of hydrogen-bond donors (Lipinski definition) is 3. The molecule has 0 aliphatic carbocycles. The van der Waals surface area contributed by atoms with Crippen molar-refractivity contribution < 1.29 is 24.2 Å². The van der Waals surface area contributed by atoms with Crippen molar-refractivity contribution in [1.29, 1.82) is 0 Å². The smallest absolute Gasteiger partial charge is 0.314 e. The summed E-state index contributed by atoms with van der Waals surface area (Å²) < 4.78 is 5.20. The van der Waals surface area contributed by atoms with Gasteiger partial charge in [0.1, 0.15) is 0 Å². The van der Waals surface area contributed by atoms with E-state index in [-0.39, 0.29) is 19.3 Å². The van der Waals surface area contributed by atoms with Crippen LogP contribution in [0.5, 0.6) is 0 Å². The molecule has 3 N–H and O–H groups in total. The molecule has 3 aromatic rings. The van der Waals surface area contributed by atoms with Gasteiger partial charge in [0, 0.05) is 17.0 Å². The summed E-state index contributed by atoms with van der Waals surface area (Å²) in [5.74, 6) is -1.57. The van der Waals surface area contributed by atoms with E-state index in [9.17, 15) is 14.4 Å². The van der Waals surface area contributed by atoms with Gasteiger partial charge in [-0.15, -0.1) is 24.0 Å². The molecule has 0 atom stereocenters. The maximum Gasteiger partial charge on any atom is 0.314 e. The molecular formula is C20H20N2O5S2. The number of fused-ring (bicyclic) bond motifs is 1. The molecule has 1 saturated heterocycles. The van der Waals surface area contributed by atoms with E-state index >= 15 is 0 Å². The number of aryl methyl sites for hydroxylation is 1. The van der Waals surface area contributed by atoms with Crippen molar-refractivity contribution >= 4 is 57.8 Å². The molecule has 1 fully saturated rings. The first-order chi connectivity index (χ1) is 13.8. The molecule has 1 aliphatic rings. The fraction of sp³-hybridized carbons (Fsp3) is 0.200. The second-order valence-corrected chi connectivity index (χ2v) is 7.47. The Morgan fingerprint density at radius 2 is 1.72 bits per heavy atom. The number of aromatic nitrogens is 1. The molecule has 7 nitrogen and oxygen atoms in total. The molecule has 0 spiro atoms. The zero-order chi connectivity index (χ0) is 21.2. The van der Waals surface area contributed by atoms with Gasteiger partial charge in [-0.2, -0.15) is 0 Å². The van der Waals surface area contributed by atoms with Crippen LogP contribution in [-0.4, -0.2) is 28.0 Å². The van der Waals surface area contributed by atoms with E-state index in [0.717, 1.165) is 25.8 Å². The van der Waals surface area contributed by atoms with Gasteiger partial charge in [0.05, 0.1) is 34.5 Å². The fourth-order valence-corrected chi connectivity index (χ4v) is 3.29. The lowest BCUT2D eigenvalue weighted by atomic mass is 10.3. The molecule has 2 aromatic carbocycles. The Morgan fingerprint density at radius 3 is 2.21 bits per heavy atom. The van der Waals surface area contributed by atoms with Crippen LogP contribution in [0.4, 0.5) is 5.69 Å². The minimum Gasteiger partial charge on any atom is -0.481 e. The Bertz CT molecular complexity index is 935. The lowest BCUT2D eigenvalue weighted by molar-refractivity contribution is -0.152. The number of esters is 2. The number of nitrogen functional groups attached to an aromatic ring is 1. The van der Waals surface area contributed by atoms with Crippen LogP contribution in [0.3, 0.4) is 0 Å². The summed E-state index contributed by atoms with van der Waals surface area (Å²) in [5, 5.41) is 9.42. The van der Waals surface area contributed by atoms with Crippen LogP contribution in [0.25, 0.3) is 10.2 Å². The third-order valence-electron chi connectivity index (χ3n) is 3.59. The number of para-hydroxylation sites is 2. The Labute approximate surface area is 176 Å². The van der Waals surface area contributed by atoms with Crippen LogP contribution in [0, 0.1) is 0 Å². The molecule has 0 unspecified atom stereocenters. The number of nitrogens with zero attached hydrogens (tertiary/aromatic N) is 1. The molecule has 1 aromatic heterocycles. The largest absolute Gasteiger partial charge is 0.481 e. The maximum atomic E-state index is 10.4. The van der Waals surface area contributed by atoms with Gasteiger partial charge in [-0.1, -0.05) is 24.3 Å². The van der Waals surface area contributed by atoms with Crippen LogP contribution in [0.15, 0.2) is 53.4 Å². The molecule has 0 amide bonds. The molecule has 2 heterocycles. The standard InChI is InChI=1S/C10H9NO2S.C6H7NS.C4H4O3/c12-10(13)6-5-9-11-7-3-1-2-4-8(7)14-9;7-5-3-1-2-4-6(5)8;5-3-1-2-4(6)7-3/h1-4H,5-6H2,(H,12,13);1-4,8H,7H2;1-2H2. The number of rotatable bonds is 3. The molecule has 4 rings (SSSR count). The molecule has 29 heavy (non-hydrogen) atoms. The van der Waals surface area contributed by atoms with Crippen molar-refractivity contribution in [2.45, 2.75) is 30.6 Å². The second-order valence-electron chi connectivity index (χ2n) is 5.87. The summed E-state index contributed by atoms with van der Waals surface area (Å²) in [6.07, 6.45) is 1.20. The van der Waals surface area contributed by atoms with Crippen LogP contribution in [0.1, 0.15) is 24.3 Å². The summed E-state index contributed by atoms with van der Waals surface area (Å²) in [7, 11) is 0. The van der Waals surface area contributed by atoms with Crippen molar-refractivity contribution in [2.24, 2.45) is 0 Å². The van der Waals surface area contributed by atoms with Gasteiger partial charge in [0.25, 0.3) is 0 Å². The van der Waals surface area contributed by atoms with Gasteiger partial charge in [-0.25, -0.2) is 4.98 Å². The minimum absolute atomic E-state index is 0.153. The number of hydrogen-bond acceptors (Lipinski definition) is 8. The van der Waals surface area contributed by atoms with Gasteiger partial charge in [0.15, 0.2) is 0 Å². The van der Waals surface area contributed by atoms with E-state index in [2.05, 4.69) is 22.3 Å². The number of carboxylic acids is 1. The van der Waals surface area contributed by atoms with Crippen LogP contribution in [0.2, 0.25) is 0 Å².